The molecule has 0 aliphatic heterocycles. The van der Waals surface area contributed by atoms with Gasteiger partial charge < -0.3 is 9.84 Å². The third-order valence-electron chi connectivity index (χ3n) is 1.05. The maximum Gasteiger partial charge on any atom is 0.254 e. The van der Waals surface area contributed by atoms with E-state index in [1.165, 1.54) is 6.20 Å². The number of nitrogens with zero attached hydrogens (tertiary/aromatic N) is 1. The van der Waals surface area contributed by atoms with Crippen molar-refractivity contribution in [1.29, 1.82) is 0 Å². The molecule has 1 N–H and O–H groups in total. The average molecular weight is 139 g/mol. The Hall–Kier alpha value is -1.25. The Kier molecular flexibility index (Phi) is 2.10. The zero-order chi connectivity index (χ0) is 7.40. The van der Waals surface area contributed by atoms with Crippen molar-refractivity contribution in [3.8, 4) is 11.6 Å². The Morgan fingerprint density at radius 2 is 2.50 bits per heavy atom. The molecule has 1 aromatic heterocycles. The molecule has 0 amide bonds. The van der Waals surface area contributed by atoms with Crippen LogP contribution in [0.1, 0.15) is 6.92 Å². The van der Waals surface area contributed by atoms with E-state index in [-0.39, 0.29) is 5.88 Å². The minimum atomic E-state index is -0.0515. The first-order valence-corrected chi connectivity index (χ1v) is 3.11. The lowest BCUT2D eigenvalue weighted by atomic mass is 10.4. The van der Waals surface area contributed by atoms with Crippen LogP contribution >= 0.6 is 0 Å². The van der Waals surface area contributed by atoms with Gasteiger partial charge >= 0.3 is 0 Å². The van der Waals surface area contributed by atoms with Crippen molar-refractivity contribution in [2.45, 2.75) is 6.92 Å². The van der Waals surface area contributed by atoms with Gasteiger partial charge in [0.05, 0.1) is 6.61 Å². The average Bonchev–Trinajstić information content (AvgIpc) is 1.94. The second kappa shape index (κ2) is 3.06. The smallest absolute Gasteiger partial charge is 0.254 e. The van der Waals surface area contributed by atoms with Crippen molar-refractivity contribution in [3.05, 3.63) is 18.3 Å². The first kappa shape index (κ1) is 6.86. The van der Waals surface area contributed by atoms with Crippen LogP contribution in [0, 0.1) is 0 Å². The fourth-order valence-corrected chi connectivity index (χ4v) is 0.650. The fraction of sp³-hybridized carbons (Fsp3) is 0.286. The van der Waals surface area contributed by atoms with E-state index >= 15 is 0 Å². The third kappa shape index (κ3) is 1.37. The molecule has 54 valence electrons. The van der Waals surface area contributed by atoms with Gasteiger partial charge in [-0.1, -0.05) is 0 Å². The van der Waals surface area contributed by atoms with E-state index in [4.69, 9.17) is 9.84 Å². The molecule has 1 aromatic rings. The number of aromatic hydroxyl groups is 1. The molecule has 0 spiro atoms. The van der Waals surface area contributed by atoms with Gasteiger partial charge in [-0.15, -0.1) is 0 Å². The molecule has 3 nitrogen and oxygen atoms in total. The van der Waals surface area contributed by atoms with Gasteiger partial charge in [-0.3, -0.25) is 0 Å². The van der Waals surface area contributed by atoms with Crippen molar-refractivity contribution in [1.82, 2.24) is 4.98 Å². The van der Waals surface area contributed by atoms with Gasteiger partial charge in [0.1, 0.15) is 0 Å². The largest absolute Gasteiger partial charge is 0.491 e. The predicted molar refractivity (Wildman–Crippen MR) is 37.1 cm³/mol. The van der Waals surface area contributed by atoms with Crippen molar-refractivity contribution >= 4 is 0 Å². The zero-order valence-corrected chi connectivity index (χ0v) is 5.74. The standard InChI is InChI=1S/C7H9NO2/c1-2-10-6-4-3-5-8-7(6)9/h3-5H,2H2,1H3,(H,8,9). The van der Waals surface area contributed by atoms with E-state index in [9.17, 15) is 0 Å². The quantitative estimate of drug-likeness (QED) is 0.669. The van der Waals surface area contributed by atoms with E-state index in [0.29, 0.717) is 12.4 Å². The molecule has 0 aromatic carbocycles. The zero-order valence-electron chi connectivity index (χ0n) is 5.74. The molecular formula is C7H9NO2. The Bertz CT molecular complexity index is 213. The number of hydrogen-bond acceptors (Lipinski definition) is 3. The summed E-state index contributed by atoms with van der Waals surface area (Å²) in [5, 5.41) is 9.01. The molecule has 1 heterocycles. The van der Waals surface area contributed by atoms with Gasteiger partial charge in [-0.2, -0.15) is 0 Å². The van der Waals surface area contributed by atoms with Crippen LogP contribution in [0.3, 0.4) is 0 Å². The third-order valence-corrected chi connectivity index (χ3v) is 1.05. The fourth-order valence-electron chi connectivity index (χ4n) is 0.650. The van der Waals surface area contributed by atoms with Crippen molar-refractivity contribution in [3.63, 3.8) is 0 Å². The van der Waals surface area contributed by atoms with Crippen LogP contribution in [-0.4, -0.2) is 16.7 Å². The summed E-state index contributed by atoms with van der Waals surface area (Å²) in [6.07, 6.45) is 1.51. The van der Waals surface area contributed by atoms with E-state index < -0.39 is 0 Å². The van der Waals surface area contributed by atoms with Gasteiger partial charge in [0.25, 0.3) is 5.88 Å². The minimum absolute atomic E-state index is 0.0515. The summed E-state index contributed by atoms with van der Waals surface area (Å²) < 4.78 is 5.02. The Labute approximate surface area is 59.3 Å². The lowest BCUT2D eigenvalue weighted by Crippen LogP contribution is -1.91. The maximum absolute atomic E-state index is 9.01. The van der Waals surface area contributed by atoms with Crippen molar-refractivity contribution in [2.24, 2.45) is 0 Å². The van der Waals surface area contributed by atoms with Crippen LogP contribution in [-0.2, 0) is 0 Å². The first-order valence-electron chi connectivity index (χ1n) is 3.11. The van der Waals surface area contributed by atoms with Crippen LogP contribution in [0.5, 0.6) is 11.6 Å². The summed E-state index contributed by atoms with van der Waals surface area (Å²) in [7, 11) is 0. The Morgan fingerprint density at radius 1 is 1.70 bits per heavy atom. The summed E-state index contributed by atoms with van der Waals surface area (Å²) in [6, 6.07) is 3.39. The normalized spacial score (nSPS) is 9.30. The Morgan fingerprint density at radius 3 is 3.10 bits per heavy atom. The molecule has 3 heteroatoms. The minimum Gasteiger partial charge on any atom is -0.491 e. The molecule has 0 radical (unpaired) electrons. The molecule has 10 heavy (non-hydrogen) atoms. The molecule has 1 rings (SSSR count). The maximum atomic E-state index is 9.01. The molecular weight excluding hydrogens is 130 g/mol. The van der Waals surface area contributed by atoms with Crippen LogP contribution < -0.4 is 4.74 Å². The van der Waals surface area contributed by atoms with Gasteiger partial charge in [-0.25, -0.2) is 4.98 Å². The van der Waals surface area contributed by atoms with Gasteiger partial charge in [0.2, 0.25) is 0 Å². The molecule has 0 saturated carbocycles. The van der Waals surface area contributed by atoms with Gasteiger partial charge in [0, 0.05) is 6.20 Å². The van der Waals surface area contributed by atoms with Crippen LogP contribution in [0.15, 0.2) is 18.3 Å². The molecule has 0 aliphatic carbocycles. The molecule has 0 fully saturated rings. The molecule has 0 bridgehead atoms. The second-order valence-corrected chi connectivity index (χ2v) is 1.76. The Balaban J connectivity index is 2.81. The van der Waals surface area contributed by atoms with Crippen molar-refractivity contribution < 1.29 is 9.84 Å². The predicted octanol–water partition coefficient (Wildman–Crippen LogP) is 1.19. The highest BCUT2D eigenvalue weighted by Crippen LogP contribution is 2.20. The van der Waals surface area contributed by atoms with Crippen molar-refractivity contribution in [2.75, 3.05) is 6.61 Å². The lowest BCUT2D eigenvalue weighted by molar-refractivity contribution is 0.312. The van der Waals surface area contributed by atoms with Crippen LogP contribution in [0.25, 0.3) is 0 Å². The molecule has 0 unspecified atom stereocenters. The highest BCUT2D eigenvalue weighted by Gasteiger charge is 1.98. The summed E-state index contributed by atoms with van der Waals surface area (Å²) in [5.74, 6) is 0.384. The van der Waals surface area contributed by atoms with Gasteiger partial charge in [-0.05, 0) is 19.1 Å². The van der Waals surface area contributed by atoms with E-state index in [1.807, 2.05) is 6.92 Å². The number of aromatic nitrogens is 1. The van der Waals surface area contributed by atoms with E-state index in [2.05, 4.69) is 4.98 Å². The number of rotatable bonds is 2. The summed E-state index contributed by atoms with van der Waals surface area (Å²) in [5.41, 5.74) is 0. The monoisotopic (exact) mass is 139 g/mol. The van der Waals surface area contributed by atoms with Crippen LogP contribution in [0.2, 0.25) is 0 Å². The lowest BCUT2D eigenvalue weighted by Gasteiger charge is -2.01. The molecule has 0 aliphatic rings. The molecule has 0 atom stereocenters. The summed E-state index contributed by atoms with van der Waals surface area (Å²) >= 11 is 0. The van der Waals surface area contributed by atoms with E-state index in [1.54, 1.807) is 12.1 Å². The number of ether oxygens (including phenoxy) is 1. The highest BCUT2D eigenvalue weighted by atomic mass is 16.5. The molecule has 0 saturated heterocycles. The number of pyridine rings is 1. The first-order chi connectivity index (χ1) is 4.84. The second-order valence-electron chi connectivity index (χ2n) is 1.76. The highest BCUT2D eigenvalue weighted by molar-refractivity contribution is 5.30. The number of hydrogen-bond donors (Lipinski definition) is 1. The SMILES string of the molecule is CCOc1cccnc1O. The van der Waals surface area contributed by atoms with Crippen LogP contribution in [0.4, 0.5) is 0 Å². The summed E-state index contributed by atoms with van der Waals surface area (Å²) in [4.78, 5) is 3.63. The van der Waals surface area contributed by atoms with Gasteiger partial charge in [0.15, 0.2) is 5.75 Å². The van der Waals surface area contributed by atoms with E-state index in [0.717, 1.165) is 0 Å². The topological polar surface area (TPSA) is 42.4 Å². The summed E-state index contributed by atoms with van der Waals surface area (Å²) in [6.45, 7) is 2.39.